The van der Waals surface area contributed by atoms with Crippen LogP contribution in [0.2, 0.25) is 4.34 Å². The Labute approximate surface area is 84.6 Å². The van der Waals surface area contributed by atoms with E-state index < -0.39 is 0 Å². The Morgan fingerprint density at radius 3 is 2.92 bits per heavy atom. The third-order valence-electron chi connectivity index (χ3n) is 1.93. The number of hydrogen-bond acceptors (Lipinski definition) is 3. The molecule has 2 nitrogen and oxygen atoms in total. The van der Waals surface area contributed by atoms with Crippen molar-refractivity contribution in [2.75, 3.05) is 5.73 Å². The van der Waals surface area contributed by atoms with E-state index in [2.05, 4.69) is 0 Å². The lowest BCUT2D eigenvalue weighted by Crippen LogP contribution is -1.84. The zero-order valence-electron chi connectivity index (χ0n) is 6.75. The van der Waals surface area contributed by atoms with Gasteiger partial charge in [-0.05, 0) is 17.7 Å². The third-order valence-corrected chi connectivity index (χ3v) is 3.34. The molecule has 1 aromatic carbocycles. The van der Waals surface area contributed by atoms with Gasteiger partial charge in [-0.2, -0.15) is 0 Å². The highest BCUT2D eigenvalue weighted by molar-refractivity contribution is 7.23. The number of nitrogen functional groups attached to an aromatic ring is 1. The molecule has 0 amide bonds. The molecule has 13 heavy (non-hydrogen) atoms. The average molecular weight is 214 g/mol. The number of aliphatic hydroxyl groups is 1. The Bertz CT molecular complexity index is 452. The smallest absolute Gasteiger partial charge is 0.117 e. The van der Waals surface area contributed by atoms with Crippen LogP contribution in [0.3, 0.4) is 0 Å². The molecular weight excluding hydrogens is 206 g/mol. The predicted molar refractivity (Wildman–Crippen MR) is 57.2 cm³/mol. The summed E-state index contributed by atoms with van der Waals surface area (Å²) in [5.74, 6) is 0. The fourth-order valence-electron chi connectivity index (χ4n) is 1.23. The maximum absolute atomic E-state index is 8.92. The second kappa shape index (κ2) is 3.18. The lowest BCUT2D eigenvalue weighted by molar-refractivity contribution is 0.282. The normalized spacial score (nSPS) is 10.9. The fourth-order valence-corrected chi connectivity index (χ4v) is 2.41. The molecule has 2 rings (SSSR count). The van der Waals surface area contributed by atoms with Gasteiger partial charge < -0.3 is 10.8 Å². The van der Waals surface area contributed by atoms with E-state index >= 15 is 0 Å². The summed E-state index contributed by atoms with van der Waals surface area (Å²) in [7, 11) is 0. The van der Waals surface area contributed by atoms with Crippen LogP contribution in [0.4, 0.5) is 5.69 Å². The molecular formula is C9H8ClNOS. The number of fused-ring (bicyclic) bond motifs is 1. The molecule has 0 atom stereocenters. The van der Waals surface area contributed by atoms with Gasteiger partial charge >= 0.3 is 0 Å². The molecule has 0 radical (unpaired) electrons. The number of thiophene rings is 1. The van der Waals surface area contributed by atoms with E-state index in [0.29, 0.717) is 10.0 Å². The van der Waals surface area contributed by atoms with Crippen molar-refractivity contribution in [2.45, 2.75) is 6.61 Å². The summed E-state index contributed by atoms with van der Waals surface area (Å²) < 4.78 is 1.67. The van der Waals surface area contributed by atoms with Gasteiger partial charge in [0.1, 0.15) is 4.34 Å². The molecule has 3 N–H and O–H groups in total. The zero-order chi connectivity index (χ0) is 9.42. The van der Waals surface area contributed by atoms with Gasteiger partial charge in [-0.3, -0.25) is 0 Å². The molecule has 68 valence electrons. The summed E-state index contributed by atoms with van der Waals surface area (Å²) in [5, 5.41) is 9.86. The van der Waals surface area contributed by atoms with Crippen LogP contribution in [0.1, 0.15) is 5.56 Å². The highest BCUT2D eigenvalue weighted by atomic mass is 35.5. The maximum Gasteiger partial charge on any atom is 0.117 e. The van der Waals surface area contributed by atoms with Crippen LogP contribution in [0.25, 0.3) is 10.1 Å². The number of nitrogens with two attached hydrogens (primary N) is 1. The molecule has 0 saturated carbocycles. The van der Waals surface area contributed by atoms with E-state index in [-0.39, 0.29) is 6.61 Å². The second-order valence-electron chi connectivity index (χ2n) is 2.78. The Kier molecular flexibility index (Phi) is 2.15. The van der Waals surface area contributed by atoms with Crippen LogP contribution in [0, 0.1) is 0 Å². The predicted octanol–water partition coefficient (Wildman–Crippen LogP) is 2.63. The summed E-state index contributed by atoms with van der Waals surface area (Å²) >= 11 is 7.34. The molecule has 0 saturated heterocycles. The number of anilines is 1. The van der Waals surface area contributed by atoms with Crippen molar-refractivity contribution < 1.29 is 5.11 Å². The van der Waals surface area contributed by atoms with Gasteiger partial charge in [0.2, 0.25) is 0 Å². The van der Waals surface area contributed by atoms with E-state index in [1.807, 2.05) is 18.2 Å². The zero-order valence-corrected chi connectivity index (χ0v) is 8.32. The van der Waals surface area contributed by atoms with Crippen LogP contribution >= 0.6 is 22.9 Å². The topological polar surface area (TPSA) is 46.2 Å². The molecule has 0 spiro atoms. The molecule has 0 unspecified atom stereocenters. The van der Waals surface area contributed by atoms with Crippen molar-refractivity contribution in [1.82, 2.24) is 0 Å². The molecule has 0 fully saturated rings. The SMILES string of the molecule is Nc1c(Cl)sc2ccc(CO)cc12. The summed E-state index contributed by atoms with van der Waals surface area (Å²) in [4.78, 5) is 0. The number of rotatable bonds is 1. The van der Waals surface area contributed by atoms with Crippen molar-refractivity contribution in [3.63, 3.8) is 0 Å². The second-order valence-corrected chi connectivity index (χ2v) is 4.43. The third kappa shape index (κ3) is 1.39. The molecule has 4 heteroatoms. The van der Waals surface area contributed by atoms with Gasteiger partial charge in [0.15, 0.2) is 0 Å². The summed E-state index contributed by atoms with van der Waals surface area (Å²) in [6.07, 6.45) is 0. The molecule has 1 aromatic heterocycles. The van der Waals surface area contributed by atoms with E-state index in [1.54, 1.807) is 0 Å². The van der Waals surface area contributed by atoms with E-state index in [9.17, 15) is 0 Å². The largest absolute Gasteiger partial charge is 0.396 e. The first-order chi connectivity index (χ1) is 6.22. The molecule has 0 aliphatic carbocycles. The summed E-state index contributed by atoms with van der Waals surface area (Å²) in [6.45, 7) is 0.0306. The van der Waals surface area contributed by atoms with E-state index in [1.165, 1.54) is 11.3 Å². The lowest BCUT2D eigenvalue weighted by atomic mass is 10.1. The van der Waals surface area contributed by atoms with Gasteiger partial charge in [-0.15, -0.1) is 11.3 Å². The lowest BCUT2D eigenvalue weighted by Gasteiger charge is -1.96. The van der Waals surface area contributed by atoms with Crippen LogP contribution < -0.4 is 5.73 Å². The average Bonchev–Trinajstić information content (AvgIpc) is 2.43. The van der Waals surface area contributed by atoms with Crippen molar-refractivity contribution in [2.24, 2.45) is 0 Å². The van der Waals surface area contributed by atoms with Crippen molar-refractivity contribution in [1.29, 1.82) is 0 Å². The van der Waals surface area contributed by atoms with Crippen LogP contribution in [0.5, 0.6) is 0 Å². The van der Waals surface area contributed by atoms with Gasteiger partial charge in [0.05, 0.1) is 12.3 Å². The summed E-state index contributed by atoms with van der Waals surface area (Å²) in [6, 6.07) is 5.66. The monoisotopic (exact) mass is 213 g/mol. The Morgan fingerprint density at radius 1 is 1.46 bits per heavy atom. The van der Waals surface area contributed by atoms with Crippen LogP contribution in [-0.4, -0.2) is 5.11 Å². The van der Waals surface area contributed by atoms with E-state index in [0.717, 1.165) is 15.6 Å². The first kappa shape index (κ1) is 8.81. The van der Waals surface area contributed by atoms with Crippen molar-refractivity contribution in [3.05, 3.63) is 28.1 Å². The highest BCUT2D eigenvalue weighted by Crippen LogP contribution is 2.37. The molecule has 0 aliphatic heterocycles. The molecule has 1 heterocycles. The van der Waals surface area contributed by atoms with Gasteiger partial charge in [0.25, 0.3) is 0 Å². The molecule has 0 bridgehead atoms. The minimum atomic E-state index is 0.0306. The minimum Gasteiger partial charge on any atom is -0.396 e. The van der Waals surface area contributed by atoms with Crippen molar-refractivity contribution in [3.8, 4) is 0 Å². The standard InChI is InChI=1S/C9H8ClNOS/c10-9-8(11)6-3-5(4-12)1-2-7(6)13-9/h1-3,12H,4,11H2. The Hall–Kier alpha value is -0.770. The molecule has 0 aliphatic rings. The van der Waals surface area contributed by atoms with Gasteiger partial charge in [-0.25, -0.2) is 0 Å². The van der Waals surface area contributed by atoms with Gasteiger partial charge in [0, 0.05) is 10.1 Å². The fraction of sp³-hybridized carbons (Fsp3) is 0.111. The number of halogens is 1. The quantitative estimate of drug-likeness (QED) is 0.765. The van der Waals surface area contributed by atoms with E-state index in [4.69, 9.17) is 22.4 Å². The molecule has 2 aromatic rings. The highest BCUT2D eigenvalue weighted by Gasteiger charge is 2.07. The Morgan fingerprint density at radius 2 is 2.23 bits per heavy atom. The van der Waals surface area contributed by atoms with Crippen LogP contribution in [0.15, 0.2) is 18.2 Å². The number of hydrogen-bond donors (Lipinski definition) is 2. The van der Waals surface area contributed by atoms with Crippen LogP contribution in [-0.2, 0) is 6.61 Å². The van der Waals surface area contributed by atoms with Gasteiger partial charge in [-0.1, -0.05) is 17.7 Å². The number of aliphatic hydroxyl groups excluding tert-OH is 1. The number of benzene rings is 1. The minimum absolute atomic E-state index is 0.0306. The first-order valence-electron chi connectivity index (χ1n) is 3.79. The Balaban J connectivity index is 2.75. The first-order valence-corrected chi connectivity index (χ1v) is 4.99. The summed E-state index contributed by atoms with van der Waals surface area (Å²) in [5.41, 5.74) is 7.22. The van der Waals surface area contributed by atoms with Crippen molar-refractivity contribution >= 4 is 38.7 Å². The maximum atomic E-state index is 8.92.